The maximum absolute atomic E-state index is 12.5. The van der Waals surface area contributed by atoms with Crippen molar-refractivity contribution in [1.82, 2.24) is 14.5 Å². The van der Waals surface area contributed by atoms with Crippen molar-refractivity contribution in [1.29, 1.82) is 0 Å². The van der Waals surface area contributed by atoms with Crippen LogP contribution in [-0.4, -0.2) is 63.4 Å². The van der Waals surface area contributed by atoms with E-state index in [1.54, 1.807) is 12.1 Å². The van der Waals surface area contributed by atoms with Crippen LogP contribution < -0.4 is 4.72 Å². The van der Waals surface area contributed by atoms with Gasteiger partial charge in [-0.3, -0.25) is 4.79 Å². The van der Waals surface area contributed by atoms with E-state index in [4.69, 9.17) is 0 Å². The minimum Gasteiger partial charge on any atom is -0.340 e. The Morgan fingerprint density at radius 3 is 2.46 bits per heavy atom. The standard InChI is InChI=1S/C19H29N3O3S/c1-2-21-11-13-22(14-12-21)19(23)9-10-20-26(24,25)18-8-7-16-5-3-4-6-17(16)15-18/h7-8,15,20H,2-6,9-14H2,1H3. The number of benzene rings is 1. The van der Waals surface area contributed by atoms with Crippen LogP contribution in [0.5, 0.6) is 0 Å². The van der Waals surface area contributed by atoms with E-state index in [0.29, 0.717) is 4.90 Å². The number of piperazine rings is 1. The number of hydrogen-bond acceptors (Lipinski definition) is 4. The van der Waals surface area contributed by atoms with Crippen LogP contribution in [0.25, 0.3) is 0 Å². The molecule has 26 heavy (non-hydrogen) atoms. The lowest BCUT2D eigenvalue weighted by Crippen LogP contribution is -2.49. The molecule has 2 aliphatic rings. The third-order valence-electron chi connectivity index (χ3n) is 5.43. The molecule has 1 aromatic carbocycles. The van der Waals surface area contributed by atoms with Crippen LogP contribution in [0, 0.1) is 0 Å². The molecule has 3 rings (SSSR count). The van der Waals surface area contributed by atoms with E-state index in [2.05, 4.69) is 16.5 Å². The van der Waals surface area contributed by atoms with Crippen molar-refractivity contribution >= 4 is 15.9 Å². The quantitative estimate of drug-likeness (QED) is 0.811. The van der Waals surface area contributed by atoms with Gasteiger partial charge in [-0.05, 0) is 55.5 Å². The second kappa shape index (κ2) is 8.50. The van der Waals surface area contributed by atoms with Crippen molar-refractivity contribution in [3.63, 3.8) is 0 Å². The lowest BCUT2D eigenvalue weighted by Gasteiger charge is -2.34. The SMILES string of the molecule is CCN1CCN(C(=O)CCNS(=O)(=O)c2ccc3c(c2)CCCC3)CC1. The van der Waals surface area contributed by atoms with E-state index in [1.165, 1.54) is 12.0 Å². The summed E-state index contributed by atoms with van der Waals surface area (Å²) in [5.74, 6) is 0.0221. The maximum Gasteiger partial charge on any atom is 0.240 e. The highest BCUT2D eigenvalue weighted by Gasteiger charge is 2.21. The number of nitrogens with zero attached hydrogens (tertiary/aromatic N) is 2. The summed E-state index contributed by atoms with van der Waals surface area (Å²) >= 11 is 0. The molecule has 1 N–H and O–H groups in total. The Balaban J connectivity index is 1.51. The molecule has 0 aromatic heterocycles. The van der Waals surface area contributed by atoms with Crippen molar-refractivity contribution in [2.75, 3.05) is 39.3 Å². The molecule has 1 aromatic rings. The third kappa shape index (κ3) is 4.64. The molecule has 144 valence electrons. The average Bonchev–Trinajstić information content (AvgIpc) is 2.67. The summed E-state index contributed by atoms with van der Waals surface area (Å²) in [5, 5.41) is 0. The largest absolute Gasteiger partial charge is 0.340 e. The molecule has 1 amide bonds. The number of likely N-dealkylation sites (N-methyl/N-ethyl adjacent to an activating group) is 1. The first-order chi connectivity index (χ1) is 12.5. The second-order valence-corrected chi connectivity index (χ2v) is 8.87. The van der Waals surface area contributed by atoms with E-state index in [1.807, 2.05) is 11.0 Å². The van der Waals surface area contributed by atoms with Gasteiger partial charge in [0.05, 0.1) is 4.90 Å². The Morgan fingerprint density at radius 2 is 1.77 bits per heavy atom. The smallest absolute Gasteiger partial charge is 0.240 e. The molecule has 0 radical (unpaired) electrons. The zero-order valence-electron chi connectivity index (χ0n) is 15.5. The van der Waals surface area contributed by atoms with Gasteiger partial charge in [0, 0.05) is 39.1 Å². The van der Waals surface area contributed by atoms with Crippen LogP contribution in [-0.2, 0) is 27.7 Å². The summed E-state index contributed by atoms with van der Waals surface area (Å²) < 4.78 is 27.6. The summed E-state index contributed by atoms with van der Waals surface area (Å²) in [6, 6.07) is 5.41. The first kappa shape index (κ1) is 19.3. The number of rotatable bonds is 6. The Kier molecular flexibility index (Phi) is 6.32. The van der Waals surface area contributed by atoms with Gasteiger partial charge in [-0.1, -0.05) is 13.0 Å². The number of sulfonamides is 1. The molecule has 1 aliphatic heterocycles. The lowest BCUT2D eigenvalue weighted by molar-refractivity contribution is -0.132. The van der Waals surface area contributed by atoms with Crippen molar-refractivity contribution in [3.05, 3.63) is 29.3 Å². The average molecular weight is 380 g/mol. The van der Waals surface area contributed by atoms with Crippen molar-refractivity contribution in [2.45, 2.75) is 43.9 Å². The van der Waals surface area contributed by atoms with Crippen molar-refractivity contribution in [3.8, 4) is 0 Å². The predicted octanol–water partition coefficient (Wildman–Crippen LogP) is 1.40. The van der Waals surface area contributed by atoms with Crippen LogP contribution in [0.4, 0.5) is 0 Å². The van der Waals surface area contributed by atoms with Crippen LogP contribution in [0.3, 0.4) is 0 Å². The fourth-order valence-electron chi connectivity index (χ4n) is 3.72. The van der Waals surface area contributed by atoms with Gasteiger partial charge >= 0.3 is 0 Å². The molecule has 7 heteroatoms. The highest BCUT2D eigenvalue weighted by Crippen LogP contribution is 2.24. The van der Waals surface area contributed by atoms with Gasteiger partial charge in [0.1, 0.15) is 0 Å². The topological polar surface area (TPSA) is 69.7 Å². The molecule has 0 spiro atoms. The van der Waals surface area contributed by atoms with Crippen molar-refractivity contribution < 1.29 is 13.2 Å². The van der Waals surface area contributed by atoms with Gasteiger partial charge in [-0.25, -0.2) is 13.1 Å². The summed E-state index contributed by atoms with van der Waals surface area (Å²) in [6.45, 7) is 6.50. The minimum absolute atomic E-state index is 0.0221. The molecule has 0 unspecified atom stereocenters. The van der Waals surface area contributed by atoms with Gasteiger partial charge in [-0.2, -0.15) is 0 Å². The van der Waals surface area contributed by atoms with Crippen molar-refractivity contribution in [2.24, 2.45) is 0 Å². The highest BCUT2D eigenvalue weighted by atomic mass is 32.2. The fraction of sp³-hybridized carbons (Fsp3) is 0.632. The van der Waals surface area contributed by atoms with Gasteiger partial charge < -0.3 is 9.80 Å². The molecule has 1 saturated heterocycles. The fourth-order valence-corrected chi connectivity index (χ4v) is 4.81. The molecule has 0 saturated carbocycles. The Labute approximate surface area is 156 Å². The van der Waals surface area contributed by atoms with Gasteiger partial charge in [-0.15, -0.1) is 0 Å². The zero-order chi connectivity index (χ0) is 18.6. The molecular formula is C19H29N3O3S. The number of nitrogens with one attached hydrogen (secondary N) is 1. The number of carbonyl (C=O) groups is 1. The number of fused-ring (bicyclic) bond motifs is 1. The number of carbonyl (C=O) groups excluding carboxylic acids is 1. The van der Waals surface area contributed by atoms with E-state index in [9.17, 15) is 13.2 Å². The molecule has 0 bridgehead atoms. The Hall–Kier alpha value is -1.44. The number of amides is 1. The first-order valence-corrected chi connectivity index (χ1v) is 11.1. The van der Waals surface area contributed by atoms with E-state index in [0.717, 1.165) is 57.5 Å². The lowest BCUT2D eigenvalue weighted by atomic mass is 9.92. The molecule has 1 aliphatic carbocycles. The highest BCUT2D eigenvalue weighted by molar-refractivity contribution is 7.89. The van der Waals surface area contributed by atoms with Crippen LogP contribution in [0.1, 0.15) is 37.3 Å². The zero-order valence-corrected chi connectivity index (χ0v) is 16.4. The molecule has 0 atom stereocenters. The van der Waals surface area contributed by atoms with Gasteiger partial charge in [0.25, 0.3) is 0 Å². The van der Waals surface area contributed by atoms with Gasteiger partial charge in [0.15, 0.2) is 0 Å². The Bertz CT molecular complexity index is 740. The third-order valence-corrected chi connectivity index (χ3v) is 6.89. The summed E-state index contributed by atoms with van der Waals surface area (Å²) in [4.78, 5) is 16.7. The van der Waals surface area contributed by atoms with E-state index < -0.39 is 10.0 Å². The monoisotopic (exact) mass is 379 g/mol. The summed E-state index contributed by atoms with van der Waals surface area (Å²) in [7, 11) is -3.56. The van der Waals surface area contributed by atoms with Crippen LogP contribution in [0.15, 0.2) is 23.1 Å². The van der Waals surface area contributed by atoms with E-state index in [-0.39, 0.29) is 18.9 Å². The summed E-state index contributed by atoms with van der Waals surface area (Å²) in [5.41, 5.74) is 2.40. The number of aryl methyl sites for hydroxylation is 2. The van der Waals surface area contributed by atoms with Gasteiger partial charge in [0.2, 0.25) is 15.9 Å². The normalized spacial score (nSPS) is 18.6. The minimum atomic E-state index is -3.56. The summed E-state index contributed by atoms with van der Waals surface area (Å²) in [6.07, 6.45) is 4.47. The predicted molar refractivity (Wildman–Crippen MR) is 102 cm³/mol. The Morgan fingerprint density at radius 1 is 1.08 bits per heavy atom. The second-order valence-electron chi connectivity index (χ2n) is 7.10. The van der Waals surface area contributed by atoms with E-state index >= 15 is 0 Å². The molecule has 6 nitrogen and oxygen atoms in total. The van der Waals surface area contributed by atoms with Crippen LogP contribution >= 0.6 is 0 Å². The maximum atomic E-state index is 12.5. The molecular weight excluding hydrogens is 350 g/mol. The van der Waals surface area contributed by atoms with Crippen LogP contribution in [0.2, 0.25) is 0 Å². The number of hydrogen-bond donors (Lipinski definition) is 1. The molecule has 1 fully saturated rings. The molecule has 1 heterocycles. The first-order valence-electron chi connectivity index (χ1n) is 9.61.